The smallest absolute Gasteiger partial charge is 0.191 e. The van der Waals surface area contributed by atoms with Crippen LogP contribution in [-0.4, -0.2) is 37.8 Å². The van der Waals surface area contributed by atoms with Gasteiger partial charge in [-0.3, -0.25) is 4.99 Å². The summed E-state index contributed by atoms with van der Waals surface area (Å²) >= 11 is 0. The number of ether oxygens (including phenoxy) is 1. The predicted octanol–water partition coefficient (Wildman–Crippen LogP) is 1.91. The molecule has 3 unspecified atom stereocenters. The molecule has 0 radical (unpaired) electrons. The van der Waals surface area contributed by atoms with Gasteiger partial charge in [0.05, 0.1) is 6.10 Å². The van der Waals surface area contributed by atoms with Gasteiger partial charge in [0.25, 0.3) is 0 Å². The summed E-state index contributed by atoms with van der Waals surface area (Å²) in [6.45, 7) is 7.09. The molecule has 1 aliphatic heterocycles. The maximum absolute atomic E-state index is 5.96. The van der Waals surface area contributed by atoms with Crippen LogP contribution >= 0.6 is 0 Å². The van der Waals surface area contributed by atoms with E-state index in [2.05, 4.69) is 29.5 Å². The number of hydrogen-bond acceptors (Lipinski definition) is 2. The molecule has 0 aromatic heterocycles. The van der Waals surface area contributed by atoms with Crippen molar-refractivity contribution < 1.29 is 4.74 Å². The Morgan fingerprint density at radius 2 is 2.21 bits per heavy atom. The van der Waals surface area contributed by atoms with Crippen LogP contribution in [0.4, 0.5) is 0 Å². The molecule has 3 aliphatic rings. The standard InChI is InChI=1S/C15H27N3O/c1-3-9-17-14(16-4-2)18-12-11-6-10-19-13(11)15(12)7-5-8-15/h11-13H,3-10H2,1-2H3,(H2,16,17,18). The Kier molecular flexibility index (Phi) is 3.70. The van der Waals surface area contributed by atoms with Gasteiger partial charge in [0.1, 0.15) is 0 Å². The topological polar surface area (TPSA) is 45.7 Å². The fraction of sp³-hybridized carbons (Fsp3) is 0.933. The first-order valence-electron chi connectivity index (χ1n) is 7.98. The third kappa shape index (κ3) is 2.04. The molecular formula is C15H27N3O. The van der Waals surface area contributed by atoms with E-state index in [1.165, 1.54) is 25.7 Å². The van der Waals surface area contributed by atoms with Crippen LogP contribution in [0.2, 0.25) is 0 Å². The average molecular weight is 265 g/mol. The zero-order chi connectivity index (χ0) is 13.3. The normalized spacial score (nSPS) is 35.5. The highest BCUT2D eigenvalue weighted by Gasteiger charge is 2.66. The van der Waals surface area contributed by atoms with Crippen molar-refractivity contribution in [2.45, 2.75) is 58.1 Å². The molecule has 1 saturated heterocycles. The Morgan fingerprint density at radius 3 is 2.84 bits per heavy atom. The average Bonchev–Trinajstić information content (AvgIpc) is 2.76. The molecule has 4 heteroatoms. The molecule has 2 saturated carbocycles. The van der Waals surface area contributed by atoms with Gasteiger partial charge in [-0.1, -0.05) is 13.3 Å². The van der Waals surface area contributed by atoms with Gasteiger partial charge in [-0.15, -0.1) is 0 Å². The highest BCUT2D eigenvalue weighted by molar-refractivity contribution is 5.80. The minimum atomic E-state index is 0.434. The molecule has 2 aliphatic carbocycles. The van der Waals surface area contributed by atoms with Gasteiger partial charge < -0.3 is 15.4 Å². The third-order valence-corrected chi connectivity index (χ3v) is 5.17. The van der Waals surface area contributed by atoms with Gasteiger partial charge in [0.15, 0.2) is 5.96 Å². The largest absolute Gasteiger partial charge is 0.377 e. The van der Waals surface area contributed by atoms with Crippen LogP contribution < -0.4 is 10.6 Å². The fourth-order valence-electron chi connectivity index (χ4n) is 4.15. The van der Waals surface area contributed by atoms with Gasteiger partial charge >= 0.3 is 0 Å². The molecule has 19 heavy (non-hydrogen) atoms. The summed E-state index contributed by atoms with van der Waals surface area (Å²) in [5.41, 5.74) is 0.434. The van der Waals surface area contributed by atoms with E-state index in [1.807, 2.05) is 0 Å². The van der Waals surface area contributed by atoms with Crippen LogP contribution in [-0.2, 0) is 4.74 Å². The Balaban J connectivity index is 1.67. The van der Waals surface area contributed by atoms with E-state index in [9.17, 15) is 0 Å². The number of guanidine groups is 1. The van der Waals surface area contributed by atoms with E-state index in [0.717, 1.165) is 32.1 Å². The van der Waals surface area contributed by atoms with Gasteiger partial charge in [-0.25, -0.2) is 0 Å². The highest BCUT2D eigenvalue weighted by Crippen LogP contribution is 2.62. The maximum Gasteiger partial charge on any atom is 0.191 e. The molecule has 4 nitrogen and oxygen atoms in total. The molecule has 3 rings (SSSR count). The first kappa shape index (κ1) is 13.2. The molecule has 0 amide bonds. The second-order valence-electron chi connectivity index (χ2n) is 6.21. The van der Waals surface area contributed by atoms with E-state index in [1.54, 1.807) is 0 Å². The molecule has 108 valence electrons. The SMILES string of the molecule is CCCN=C(NCC)NC1C2CCOC2C12CCC2. The monoisotopic (exact) mass is 265 g/mol. The zero-order valence-corrected chi connectivity index (χ0v) is 12.2. The van der Waals surface area contributed by atoms with E-state index in [-0.39, 0.29) is 0 Å². The summed E-state index contributed by atoms with van der Waals surface area (Å²) in [6, 6.07) is 0.586. The minimum absolute atomic E-state index is 0.434. The molecule has 0 bridgehead atoms. The van der Waals surface area contributed by atoms with Gasteiger partial charge in [-0.05, 0) is 32.6 Å². The quantitative estimate of drug-likeness (QED) is 0.603. The molecule has 1 spiro atoms. The van der Waals surface area contributed by atoms with Crippen LogP contribution in [0.1, 0.15) is 46.0 Å². The van der Waals surface area contributed by atoms with E-state index < -0.39 is 0 Å². The van der Waals surface area contributed by atoms with Crippen molar-refractivity contribution in [1.29, 1.82) is 0 Å². The molecule has 0 aromatic carbocycles. The summed E-state index contributed by atoms with van der Waals surface area (Å²) in [6.07, 6.45) is 6.89. The van der Waals surface area contributed by atoms with Crippen molar-refractivity contribution in [2.75, 3.05) is 19.7 Å². The van der Waals surface area contributed by atoms with Crippen LogP contribution in [0.3, 0.4) is 0 Å². The zero-order valence-electron chi connectivity index (χ0n) is 12.2. The lowest BCUT2D eigenvalue weighted by Crippen LogP contribution is -2.72. The van der Waals surface area contributed by atoms with Gasteiger partial charge in [0, 0.05) is 37.1 Å². The number of aliphatic imine (C=N–C) groups is 1. The lowest BCUT2D eigenvalue weighted by atomic mass is 9.46. The van der Waals surface area contributed by atoms with Crippen LogP contribution in [0, 0.1) is 11.3 Å². The Hall–Kier alpha value is -0.770. The number of rotatable bonds is 4. The first-order valence-corrected chi connectivity index (χ1v) is 7.98. The summed E-state index contributed by atoms with van der Waals surface area (Å²) in [4.78, 5) is 4.65. The summed E-state index contributed by atoms with van der Waals surface area (Å²) in [7, 11) is 0. The fourth-order valence-corrected chi connectivity index (χ4v) is 4.15. The summed E-state index contributed by atoms with van der Waals surface area (Å²) in [5, 5.41) is 7.09. The molecule has 3 fully saturated rings. The van der Waals surface area contributed by atoms with E-state index in [4.69, 9.17) is 4.74 Å². The second kappa shape index (κ2) is 5.31. The van der Waals surface area contributed by atoms with E-state index >= 15 is 0 Å². The Morgan fingerprint density at radius 1 is 1.37 bits per heavy atom. The third-order valence-electron chi connectivity index (χ3n) is 5.17. The maximum atomic E-state index is 5.96. The molecule has 0 aromatic rings. The van der Waals surface area contributed by atoms with Gasteiger partial charge in [-0.2, -0.15) is 0 Å². The van der Waals surface area contributed by atoms with Crippen molar-refractivity contribution in [1.82, 2.24) is 10.6 Å². The number of nitrogens with one attached hydrogen (secondary N) is 2. The lowest BCUT2D eigenvalue weighted by Gasteiger charge is -2.63. The number of nitrogens with zero attached hydrogens (tertiary/aromatic N) is 1. The predicted molar refractivity (Wildman–Crippen MR) is 77.3 cm³/mol. The highest BCUT2D eigenvalue weighted by atomic mass is 16.5. The van der Waals surface area contributed by atoms with Crippen molar-refractivity contribution in [2.24, 2.45) is 16.3 Å². The molecule has 3 atom stereocenters. The Bertz CT molecular complexity index is 351. The number of fused-ring (bicyclic) bond motifs is 2. The van der Waals surface area contributed by atoms with Crippen LogP contribution in [0.15, 0.2) is 4.99 Å². The second-order valence-corrected chi connectivity index (χ2v) is 6.21. The van der Waals surface area contributed by atoms with Crippen molar-refractivity contribution in [3.8, 4) is 0 Å². The van der Waals surface area contributed by atoms with Crippen LogP contribution in [0.5, 0.6) is 0 Å². The lowest BCUT2D eigenvalue weighted by molar-refractivity contribution is -0.171. The van der Waals surface area contributed by atoms with Crippen molar-refractivity contribution >= 4 is 5.96 Å². The Labute approximate surface area is 116 Å². The molecular weight excluding hydrogens is 238 g/mol. The van der Waals surface area contributed by atoms with Crippen LogP contribution in [0.25, 0.3) is 0 Å². The summed E-state index contributed by atoms with van der Waals surface area (Å²) < 4.78 is 5.96. The van der Waals surface area contributed by atoms with Crippen molar-refractivity contribution in [3.05, 3.63) is 0 Å². The molecule has 2 N–H and O–H groups in total. The minimum Gasteiger partial charge on any atom is -0.377 e. The summed E-state index contributed by atoms with van der Waals surface area (Å²) in [5.74, 6) is 1.72. The first-order chi connectivity index (χ1) is 9.31. The van der Waals surface area contributed by atoms with Crippen molar-refractivity contribution in [3.63, 3.8) is 0 Å². The molecule has 1 heterocycles. The number of hydrogen-bond donors (Lipinski definition) is 2. The van der Waals surface area contributed by atoms with E-state index in [0.29, 0.717) is 23.5 Å². The van der Waals surface area contributed by atoms with Gasteiger partial charge in [0.2, 0.25) is 0 Å².